The number of nitrogens with one attached hydrogen (secondary N) is 1. The van der Waals surface area contributed by atoms with Crippen LogP contribution in [0.15, 0.2) is 51.1 Å². The zero-order valence-corrected chi connectivity index (χ0v) is 13.4. The lowest BCUT2D eigenvalue weighted by molar-refractivity contribution is 0.613. The lowest BCUT2D eigenvalue weighted by atomic mass is 10.3. The van der Waals surface area contributed by atoms with E-state index in [0.29, 0.717) is 6.04 Å². The summed E-state index contributed by atoms with van der Waals surface area (Å²) in [5.74, 6) is 1.05. The fraction of sp³-hybridized carbons (Fsp3) is 0.286. The predicted molar refractivity (Wildman–Crippen MR) is 85.6 cm³/mol. The Bertz CT molecular complexity index is 470. The third kappa shape index (κ3) is 3.85. The van der Waals surface area contributed by atoms with Crippen LogP contribution in [0.2, 0.25) is 0 Å². The molecule has 0 aliphatic heterocycles. The van der Waals surface area contributed by atoms with Gasteiger partial charge in [0.15, 0.2) is 0 Å². The van der Waals surface area contributed by atoms with Crippen molar-refractivity contribution in [3.63, 3.8) is 0 Å². The average Bonchev–Trinajstić information content (AvgIpc) is 2.82. The van der Waals surface area contributed by atoms with Gasteiger partial charge in [0.1, 0.15) is 0 Å². The van der Waals surface area contributed by atoms with Crippen LogP contribution in [0, 0.1) is 0 Å². The molecule has 0 bridgehead atoms. The summed E-state index contributed by atoms with van der Waals surface area (Å²) in [7, 11) is 0. The summed E-state index contributed by atoms with van der Waals surface area (Å²) in [6.45, 7) is 3.14. The molecule has 1 heterocycles. The van der Waals surface area contributed by atoms with Crippen molar-refractivity contribution in [1.82, 2.24) is 5.32 Å². The maximum absolute atomic E-state index is 3.62. The summed E-state index contributed by atoms with van der Waals surface area (Å²) in [6, 6.07) is 13.1. The monoisotopic (exact) mass is 341 g/mol. The van der Waals surface area contributed by atoms with E-state index in [1.54, 1.807) is 0 Å². The lowest BCUT2D eigenvalue weighted by Gasteiger charge is -2.16. The molecule has 0 amide bonds. The van der Waals surface area contributed by atoms with Gasteiger partial charge in [0.2, 0.25) is 0 Å². The number of benzene rings is 1. The van der Waals surface area contributed by atoms with E-state index in [4.69, 9.17) is 0 Å². The molecule has 0 saturated carbocycles. The van der Waals surface area contributed by atoms with Crippen molar-refractivity contribution in [2.24, 2.45) is 0 Å². The summed E-state index contributed by atoms with van der Waals surface area (Å²) < 4.78 is 1.21. The molecular formula is C14H16BrNS2. The highest BCUT2D eigenvalue weighted by atomic mass is 79.9. The highest BCUT2D eigenvalue weighted by molar-refractivity contribution is 9.10. The molecule has 0 spiro atoms. The van der Waals surface area contributed by atoms with Crippen LogP contribution in [0.1, 0.15) is 17.8 Å². The van der Waals surface area contributed by atoms with E-state index in [1.165, 1.54) is 14.2 Å². The van der Waals surface area contributed by atoms with Gasteiger partial charge >= 0.3 is 0 Å². The van der Waals surface area contributed by atoms with Crippen LogP contribution in [-0.4, -0.2) is 12.3 Å². The van der Waals surface area contributed by atoms with Gasteiger partial charge < -0.3 is 5.32 Å². The Morgan fingerprint density at radius 3 is 2.67 bits per heavy atom. The first-order valence-corrected chi connectivity index (χ1v) is 8.61. The molecule has 0 saturated heterocycles. The molecule has 1 atom stereocenters. The van der Waals surface area contributed by atoms with Crippen LogP contribution in [-0.2, 0) is 0 Å². The lowest BCUT2D eigenvalue weighted by Crippen LogP contribution is -2.22. The summed E-state index contributed by atoms with van der Waals surface area (Å²) in [4.78, 5) is 2.72. The smallest absolute Gasteiger partial charge is 0.0521 e. The molecule has 0 fully saturated rings. The Hall–Kier alpha value is -0.290. The SMILES string of the molecule is CCNC(CSc1ccccc1)c1sccc1Br. The maximum atomic E-state index is 3.62. The summed E-state index contributed by atoms with van der Waals surface area (Å²) in [5, 5.41) is 5.69. The van der Waals surface area contributed by atoms with Crippen LogP contribution < -0.4 is 5.32 Å². The van der Waals surface area contributed by atoms with E-state index < -0.39 is 0 Å². The quantitative estimate of drug-likeness (QED) is 0.745. The van der Waals surface area contributed by atoms with Gasteiger partial charge in [-0.05, 0) is 46.1 Å². The van der Waals surface area contributed by atoms with E-state index in [2.05, 4.69) is 69.9 Å². The summed E-state index contributed by atoms with van der Waals surface area (Å²) in [6.07, 6.45) is 0. The topological polar surface area (TPSA) is 12.0 Å². The van der Waals surface area contributed by atoms with Gasteiger partial charge in [0.05, 0.1) is 6.04 Å². The molecule has 4 heteroatoms. The van der Waals surface area contributed by atoms with Crippen LogP contribution >= 0.6 is 39.0 Å². The minimum absolute atomic E-state index is 0.412. The predicted octanol–water partition coefficient (Wildman–Crippen LogP) is 4.95. The van der Waals surface area contributed by atoms with Crippen LogP contribution in [0.3, 0.4) is 0 Å². The van der Waals surface area contributed by atoms with Crippen molar-refractivity contribution in [3.05, 3.63) is 51.1 Å². The highest BCUT2D eigenvalue weighted by Gasteiger charge is 2.15. The van der Waals surface area contributed by atoms with Crippen molar-refractivity contribution in [1.29, 1.82) is 0 Å². The van der Waals surface area contributed by atoms with E-state index >= 15 is 0 Å². The molecule has 96 valence electrons. The fourth-order valence-electron chi connectivity index (χ4n) is 1.72. The van der Waals surface area contributed by atoms with Crippen molar-refractivity contribution < 1.29 is 0 Å². The molecule has 1 aromatic heterocycles. The summed E-state index contributed by atoms with van der Waals surface area (Å²) >= 11 is 7.33. The van der Waals surface area contributed by atoms with Gasteiger partial charge in [-0.25, -0.2) is 0 Å². The van der Waals surface area contributed by atoms with Gasteiger partial charge in [0.25, 0.3) is 0 Å². The van der Waals surface area contributed by atoms with Gasteiger partial charge in [-0.2, -0.15) is 0 Å². The second-order valence-electron chi connectivity index (χ2n) is 3.87. The molecule has 18 heavy (non-hydrogen) atoms. The van der Waals surface area contributed by atoms with E-state index in [9.17, 15) is 0 Å². The van der Waals surface area contributed by atoms with Crippen molar-refractivity contribution >= 4 is 39.0 Å². The average molecular weight is 342 g/mol. The number of hydrogen-bond acceptors (Lipinski definition) is 3. The highest BCUT2D eigenvalue weighted by Crippen LogP contribution is 2.32. The third-order valence-corrected chi connectivity index (χ3v) is 5.66. The van der Waals surface area contributed by atoms with Crippen LogP contribution in [0.4, 0.5) is 0 Å². The molecule has 2 aromatic rings. The van der Waals surface area contributed by atoms with Crippen molar-refractivity contribution in [2.75, 3.05) is 12.3 Å². The van der Waals surface area contributed by atoms with Gasteiger partial charge in [-0.15, -0.1) is 23.1 Å². The third-order valence-electron chi connectivity index (χ3n) is 2.57. The molecule has 1 N–H and O–H groups in total. The number of hydrogen-bond donors (Lipinski definition) is 1. The molecule has 1 aromatic carbocycles. The Labute approximate surface area is 125 Å². The number of thioether (sulfide) groups is 1. The van der Waals surface area contributed by atoms with Gasteiger partial charge in [-0.3, -0.25) is 0 Å². The van der Waals surface area contributed by atoms with E-state index in [0.717, 1.165) is 12.3 Å². The Morgan fingerprint density at radius 1 is 1.28 bits per heavy atom. The maximum Gasteiger partial charge on any atom is 0.0521 e. The first kappa shape index (κ1) is 14.1. The standard InChI is InChI=1S/C14H16BrNS2/c1-2-16-13(14-12(15)8-9-17-14)10-18-11-6-4-3-5-7-11/h3-9,13,16H,2,10H2,1H3. The van der Waals surface area contributed by atoms with Crippen molar-refractivity contribution in [3.8, 4) is 0 Å². The Morgan fingerprint density at radius 2 is 2.06 bits per heavy atom. The minimum atomic E-state index is 0.412. The molecular weight excluding hydrogens is 326 g/mol. The first-order chi connectivity index (χ1) is 8.81. The number of halogens is 1. The molecule has 0 aliphatic carbocycles. The molecule has 0 aliphatic rings. The molecule has 1 nitrogen and oxygen atoms in total. The second kappa shape index (κ2) is 7.34. The fourth-order valence-corrected chi connectivity index (χ4v) is 4.55. The number of rotatable bonds is 6. The molecule has 1 unspecified atom stereocenters. The Balaban J connectivity index is 2.01. The normalized spacial score (nSPS) is 12.6. The Kier molecular flexibility index (Phi) is 5.76. The zero-order valence-electron chi connectivity index (χ0n) is 10.2. The second-order valence-corrected chi connectivity index (χ2v) is 6.76. The van der Waals surface area contributed by atoms with E-state index in [-0.39, 0.29) is 0 Å². The largest absolute Gasteiger partial charge is 0.309 e. The molecule has 2 rings (SSSR count). The van der Waals surface area contributed by atoms with Crippen LogP contribution in [0.25, 0.3) is 0 Å². The van der Waals surface area contributed by atoms with E-state index in [1.807, 2.05) is 23.1 Å². The summed E-state index contributed by atoms with van der Waals surface area (Å²) in [5.41, 5.74) is 0. The molecule has 0 radical (unpaired) electrons. The van der Waals surface area contributed by atoms with Crippen LogP contribution in [0.5, 0.6) is 0 Å². The van der Waals surface area contributed by atoms with Gasteiger partial charge in [-0.1, -0.05) is 25.1 Å². The first-order valence-electron chi connectivity index (χ1n) is 5.95. The van der Waals surface area contributed by atoms with Gasteiger partial charge in [0, 0.05) is 20.0 Å². The van der Waals surface area contributed by atoms with Crippen molar-refractivity contribution in [2.45, 2.75) is 17.9 Å². The zero-order chi connectivity index (χ0) is 12.8. The number of thiophene rings is 1. The minimum Gasteiger partial charge on any atom is -0.309 e.